The predicted molar refractivity (Wildman–Crippen MR) is 197 cm³/mol. The maximum atomic E-state index is 6.21. The first-order chi connectivity index (χ1) is 23.1. The van der Waals surface area contributed by atoms with E-state index in [0.717, 1.165) is 77.8 Å². The van der Waals surface area contributed by atoms with Crippen LogP contribution in [0.25, 0.3) is 0 Å². The molecule has 0 radical (unpaired) electrons. The van der Waals surface area contributed by atoms with Gasteiger partial charge in [0.05, 0.1) is 0 Å². The lowest BCUT2D eigenvalue weighted by atomic mass is 10.2. The van der Waals surface area contributed by atoms with Crippen molar-refractivity contribution in [2.24, 2.45) is 0 Å². The molecule has 7 heteroatoms. The molecule has 0 saturated carbocycles. The van der Waals surface area contributed by atoms with Gasteiger partial charge >= 0.3 is 0 Å². The van der Waals surface area contributed by atoms with E-state index >= 15 is 0 Å². The van der Waals surface area contributed by atoms with E-state index < -0.39 is 12.6 Å². The Morgan fingerprint density at radius 2 is 0.702 bits per heavy atom. The van der Waals surface area contributed by atoms with Crippen LogP contribution in [0.2, 0.25) is 0 Å². The molecule has 2 unspecified atom stereocenters. The van der Waals surface area contributed by atoms with Crippen molar-refractivity contribution in [2.45, 2.75) is 195 Å². The summed E-state index contributed by atoms with van der Waals surface area (Å²) in [5.74, 6) is 0. The first-order valence-corrected chi connectivity index (χ1v) is 19.8. The Hall–Kier alpha value is -0.800. The van der Waals surface area contributed by atoms with E-state index in [1.807, 2.05) is 26.0 Å². The standard InChI is InChI=1S/C40H78O7/c1-7-13-17-25-33-43-37(44-34-26-18-14-8-2)29-21-23-31-39(41-11-5)47-40(42-12-6)32-24-22-30-38(45-35-27-19-15-9-3)46-36-28-20-16-10-4/h23-24,31-32,37-40H,7-22,25-30,33-36H2,1-6H3. The molecule has 0 aromatic rings. The lowest BCUT2D eigenvalue weighted by Crippen LogP contribution is -2.24. The second-order valence-electron chi connectivity index (χ2n) is 12.4. The van der Waals surface area contributed by atoms with Crippen molar-refractivity contribution < 1.29 is 33.2 Å². The zero-order valence-corrected chi connectivity index (χ0v) is 31.9. The Bertz CT molecular complexity index is 574. The molecule has 0 rings (SSSR count). The van der Waals surface area contributed by atoms with Crippen LogP contribution in [0, 0.1) is 0 Å². The molecule has 0 fully saturated rings. The summed E-state index contributed by atoms with van der Waals surface area (Å²) in [5, 5.41) is 0. The van der Waals surface area contributed by atoms with Crippen molar-refractivity contribution in [3.05, 3.63) is 24.3 Å². The molecule has 0 aliphatic heterocycles. The molecular weight excluding hydrogens is 592 g/mol. The van der Waals surface area contributed by atoms with Gasteiger partial charge in [0.1, 0.15) is 0 Å². The minimum absolute atomic E-state index is 0.169. The van der Waals surface area contributed by atoms with Gasteiger partial charge in [-0.15, -0.1) is 0 Å². The molecule has 0 aliphatic rings. The van der Waals surface area contributed by atoms with E-state index in [9.17, 15) is 0 Å². The normalized spacial score (nSPS) is 13.6. The smallest absolute Gasteiger partial charge is 0.180 e. The highest BCUT2D eigenvalue weighted by Gasteiger charge is 2.14. The first kappa shape index (κ1) is 46.2. The van der Waals surface area contributed by atoms with Gasteiger partial charge in [-0.1, -0.05) is 117 Å². The molecule has 280 valence electrons. The number of ether oxygens (including phenoxy) is 7. The van der Waals surface area contributed by atoms with E-state index in [2.05, 4.69) is 39.8 Å². The Labute approximate surface area is 291 Å². The molecule has 0 bridgehead atoms. The van der Waals surface area contributed by atoms with Gasteiger partial charge in [0.2, 0.25) is 0 Å². The highest BCUT2D eigenvalue weighted by atomic mass is 16.8. The minimum atomic E-state index is -0.491. The summed E-state index contributed by atoms with van der Waals surface area (Å²) < 4.78 is 42.5. The van der Waals surface area contributed by atoms with Crippen molar-refractivity contribution in [3.63, 3.8) is 0 Å². The fourth-order valence-electron chi connectivity index (χ4n) is 5.02. The van der Waals surface area contributed by atoms with Gasteiger partial charge in [-0.2, -0.15) is 0 Å². The quantitative estimate of drug-likeness (QED) is 0.0368. The molecule has 2 atom stereocenters. The van der Waals surface area contributed by atoms with Crippen LogP contribution in [0.5, 0.6) is 0 Å². The predicted octanol–water partition coefficient (Wildman–Crippen LogP) is 11.4. The van der Waals surface area contributed by atoms with Gasteiger partial charge in [-0.05, 0) is 64.5 Å². The largest absolute Gasteiger partial charge is 0.353 e. The highest BCUT2D eigenvalue weighted by molar-refractivity contribution is 4.90. The Balaban J connectivity index is 4.92. The fourth-order valence-corrected chi connectivity index (χ4v) is 5.02. The maximum absolute atomic E-state index is 6.21. The summed E-state index contributed by atoms with van der Waals surface area (Å²) >= 11 is 0. The third-order valence-electron chi connectivity index (χ3n) is 7.86. The average Bonchev–Trinajstić information content (AvgIpc) is 3.07. The summed E-state index contributed by atoms with van der Waals surface area (Å²) in [7, 11) is 0. The average molecular weight is 671 g/mol. The molecule has 47 heavy (non-hydrogen) atoms. The summed E-state index contributed by atoms with van der Waals surface area (Å²) in [6, 6.07) is 0. The van der Waals surface area contributed by atoms with Crippen molar-refractivity contribution in [2.75, 3.05) is 39.6 Å². The number of allylic oxidation sites excluding steroid dienone is 2. The van der Waals surface area contributed by atoms with Gasteiger partial charge in [0.15, 0.2) is 25.2 Å². The van der Waals surface area contributed by atoms with Gasteiger partial charge < -0.3 is 33.2 Å². The molecule has 0 N–H and O–H groups in total. The fraction of sp³-hybridized carbons (Fsp3) is 0.900. The van der Waals surface area contributed by atoms with Crippen LogP contribution in [0.3, 0.4) is 0 Å². The van der Waals surface area contributed by atoms with E-state index in [0.29, 0.717) is 13.2 Å². The van der Waals surface area contributed by atoms with Gasteiger partial charge in [0.25, 0.3) is 0 Å². The van der Waals surface area contributed by atoms with Gasteiger partial charge in [-0.3, -0.25) is 0 Å². The van der Waals surface area contributed by atoms with Crippen molar-refractivity contribution in [1.29, 1.82) is 0 Å². The zero-order valence-electron chi connectivity index (χ0n) is 31.9. The van der Waals surface area contributed by atoms with E-state index in [-0.39, 0.29) is 12.6 Å². The second-order valence-corrected chi connectivity index (χ2v) is 12.4. The third kappa shape index (κ3) is 32.2. The topological polar surface area (TPSA) is 64.6 Å². The van der Waals surface area contributed by atoms with Crippen LogP contribution in [-0.2, 0) is 33.2 Å². The van der Waals surface area contributed by atoms with Crippen LogP contribution < -0.4 is 0 Å². The number of unbranched alkanes of at least 4 members (excludes halogenated alkanes) is 12. The van der Waals surface area contributed by atoms with Crippen LogP contribution in [0.1, 0.15) is 170 Å². The number of hydrogen-bond acceptors (Lipinski definition) is 7. The van der Waals surface area contributed by atoms with Crippen LogP contribution >= 0.6 is 0 Å². The Morgan fingerprint density at radius 1 is 0.383 bits per heavy atom. The first-order valence-electron chi connectivity index (χ1n) is 19.8. The van der Waals surface area contributed by atoms with Crippen LogP contribution in [0.4, 0.5) is 0 Å². The third-order valence-corrected chi connectivity index (χ3v) is 7.86. The van der Waals surface area contributed by atoms with E-state index in [4.69, 9.17) is 33.2 Å². The van der Waals surface area contributed by atoms with Crippen LogP contribution in [-0.4, -0.2) is 64.8 Å². The van der Waals surface area contributed by atoms with Gasteiger partial charge in [-0.25, -0.2) is 0 Å². The molecule has 0 heterocycles. The van der Waals surface area contributed by atoms with Crippen molar-refractivity contribution in [3.8, 4) is 0 Å². The van der Waals surface area contributed by atoms with Crippen LogP contribution in [0.15, 0.2) is 24.3 Å². The molecule has 0 aromatic carbocycles. The molecular formula is C40H78O7. The Morgan fingerprint density at radius 3 is 0.979 bits per heavy atom. The second kappa shape index (κ2) is 38.0. The molecule has 0 spiro atoms. The van der Waals surface area contributed by atoms with Crippen molar-refractivity contribution >= 4 is 0 Å². The van der Waals surface area contributed by atoms with E-state index in [1.165, 1.54) is 77.0 Å². The summed E-state index contributed by atoms with van der Waals surface area (Å²) in [6.45, 7) is 17.0. The van der Waals surface area contributed by atoms with E-state index in [1.54, 1.807) is 0 Å². The lowest BCUT2D eigenvalue weighted by Gasteiger charge is -2.21. The zero-order chi connectivity index (χ0) is 34.5. The SMILES string of the molecule is CCCCCCOC(CCC=CC(OCC)OC(C=CCCC(OCCCCCC)OCCCCCC)OCC)OCCCCCC. The van der Waals surface area contributed by atoms with Gasteiger partial charge in [0, 0.05) is 52.5 Å². The minimum Gasteiger partial charge on any atom is -0.353 e. The molecule has 0 aromatic heterocycles. The molecule has 0 saturated heterocycles. The number of rotatable bonds is 38. The number of hydrogen-bond donors (Lipinski definition) is 0. The lowest BCUT2D eigenvalue weighted by molar-refractivity contribution is -0.204. The monoisotopic (exact) mass is 671 g/mol. The highest BCUT2D eigenvalue weighted by Crippen LogP contribution is 2.14. The molecule has 0 amide bonds. The maximum Gasteiger partial charge on any atom is 0.180 e. The summed E-state index contributed by atoms with van der Waals surface area (Å²) in [4.78, 5) is 0. The van der Waals surface area contributed by atoms with Crippen molar-refractivity contribution in [1.82, 2.24) is 0 Å². The summed E-state index contributed by atoms with van der Waals surface area (Å²) in [6.07, 6.45) is 29.3. The summed E-state index contributed by atoms with van der Waals surface area (Å²) in [5.41, 5.74) is 0. The Kier molecular flexibility index (Phi) is 37.4. The molecule has 7 nitrogen and oxygen atoms in total. The molecule has 0 aliphatic carbocycles.